The molecule has 0 atom stereocenters. The van der Waals surface area contributed by atoms with Crippen LogP contribution in [0, 0.1) is 0 Å². The molecule has 6 nitrogen and oxygen atoms in total. The van der Waals surface area contributed by atoms with Gasteiger partial charge in [0.2, 0.25) is 0 Å². The molecule has 1 aromatic heterocycles. The SMILES string of the molecule is CCNC(=NCCN1CCc2sccc2C1)Nc1ccc2c(c1)OCCCO2. The van der Waals surface area contributed by atoms with Crippen LogP contribution < -0.4 is 20.1 Å². The van der Waals surface area contributed by atoms with E-state index in [1.54, 1.807) is 4.88 Å². The molecule has 0 unspecified atom stereocenters. The molecule has 0 radical (unpaired) electrons. The second kappa shape index (κ2) is 9.30. The Morgan fingerprint density at radius 2 is 2.11 bits per heavy atom. The summed E-state index contributed by atoms with van der Waals surface area (Å²) in [6.07, 6.45) is 2.07. The Morgan fingerprint density at radius 3 is 3.00 bits per heavy atom. The number of aliphatic imine (C=N–C) groups is 1. The summed E-state index contributed by atoms with van der Waals surface area (Å²) in [6, 6.07) is 8.20. The van der Waals surface area contributed by atoms with E-state index >= 15 is 0 Å². The first kappa shape index (κ1) is 19.1. The van der Waals surface area contributed by atoms with Gasteiger partial charge in [0.05, 0.1) is 19.8 Å². The molecule has 150 valence electrons. The number of thiophene rings is 1. The summed E-state index contributed by atoms with van der Waals surface area (Å²) in [4.78, 5) is 8.79. The average Bonchev–Trinajstić information content (AvgIpc) is 3.04. The summed E-state index contributed by atoms with van der Waals surface area (Å²) in [7, 11) is 0. The fourth-order valence-electron chi connectivity index (χ4n) is 3.49. The number of nitrogens with one attached hydrogen (secondary N) is 2. The van der Waals surface area contributed by atoms with Crippen molar-refractivity contribution in [2.75, 3.05) is 44.7 Å². The number of benzene rings is 1. The Hall–Kier alpha value is -2.25. The van der Waals surface area contributed by atoms with Crippen molar-refractivity contribution in [2.45, 2.75) is 26.3 Å². The van der Waals surface area contributed by atoms with Gasteiger partial charge >= 0.3 is 0 Å². The highest BCUT2D eigenvalue weighted by Crippen LogP contribution is 2.32. The molecule has 1 aromatic carbocycles. The first-order valence-electron chi connectivity index (χ1n) is 10.0. The van der Waals surface area contributed by atoms with Gasteiger partial charge in [0, 0.05) is 49.2 Å². The van der Waals surface area contributed by atoms with Crippen molar-refractivity contribution in [1.29, 1.82) is 0 Å². The number of hydrogen-bond donors (Lipinski definition) is 2. The lowest BCUT2D eigenvalue weighted by atomic mass is 10.1. The van der Waals surface area contributed by atoms with Crippen LogP contribution in [0.15, 0.2) is 34.6 Å². The number of nitrogens with zero attached hydrogens (tertiary/aromatic N) is 2. The summed E-state index contributed by atoms with van der Waals surface area (Å²) in [5, 5.41) is 8.91. The lowest BCUT2D eigenvalue weighted by Crippen LogP contribution is -2.34. The number of fused-ring (bicyclic) bond motifs is 2. The van der Waals surface area contributed by atoms with Gasteiger partial charge < -0.3 is 20.1 Å². The van der Waals surface area contributed by atoms with E-state index in [0.29, 0.717) is 13.2 Å². The normalized spacial score (nSPS) is 17.0. The standard InChI is InChI=1S/C21H28N4O2S/c1-2-22-21(23-8-10-25-9-6-20-16(15-25)7-13-28-20)24-17-4-5-18-19(14-17)27-12-3-11-26-18/h4-5,7,13-14H,2-3,6,8-12,15H2,1H3,(H2,22,23,24). The maximum atomic E-state index is 5.78. The summed E-state index contributed by atoms with van der Waals surface area (Å²) < 4.78 is 11.5. The molecule has 0 saturated heterocycles. The topological polar surface area (TPSA) is 58.1 Å². The molecule has 0 aliphatic carbocycles. The van der Waals surface area contributed by atoms with Crippen LogP contribution in [0.2, 0.25) is 0 Å². The van der Waals surface area contributed by atoms with Crippen molar-refractivity contribution < 1.29 is 9.47 Å². The van der Waals surface area contributed by atoms with Gasteiger partial charge in [-0.05, 0) is 42.5 Å². The van der Waals surface area contributed by atoms with Crippen LogP contribution in [0.4, 0.5) is 5.69 Å². The Morgan fingerprint density at radius 1 is 1.21 bits per heavy atom. The summed E-state index contributed by atoms with van der Waals surface area (Å²) >= 11 is 1.88. The monoisotopic (exact) mass is 400 g/mol. The minimum Gasteiger partial charge on any atom is -0.490 e. The molecule has 0 amide bonds. The molecule has 4 rings (SSSR count). The van der Waals surface area contributed by atoms with Crippen molar-refractivity contribution in [1.82, 2.24) is 10.2 Å². The Bertz CT molecular complexity index is 820. The molecule has 0 fully saturated rings. The molecule has 0 saturated carbocycles. The Kier molecular flexibility index (Phi) is 6.34. The molecular formula is C21H28N4O2S. The zero-order valence-corrected chi connectivity index (χ0v) is 17.2. The van der Waals surface area contributed by atoms with Crippen LogP contribution in [0.5, 0.6) is 11.5 Å². The van der Waals surface area contributed by atoms with Crippen LogP contribution in [0.1, 0.15) is 23.8 Å². The molecule has 2 N–H and O–H groups in total. The lowest BCUT2D eigenvalue weighted by Gasteiger charge is -2.26. The third kappa shape index (κ3) is 4.77. The molecule has 0 spiro atoms. The molecule has 2 aliphatic heterocycles. The predicted molar refractivity (Wildman–Crippen MR) is 115 cm³/mol. The molecule has 0 bridgehead atoms. The highest BCUT2D eigenvalue weighted by molar-refractivity contribution is 7.10. The predicted octanol–water partition coefficient (Wildman–Crippen LogP) is 3.35. The summed E-state index contributed by atoms with van der Waals surface area (Å²) in [5.74, 6) is 2.39. The Balaban J connectivity index is 1.35. The number of rotatable bonds is 5. The third-order valence-electron chi connectivity index (χ3n) is 4.93. The van der Waals surface area contributed by atoms with Crippen LogP contribution in [-0.4, -0.2) is 50.3 Å². The molecule has 7 heteroatoms. The van der Waals surface area contributed by atoms with Gasteiger partial charge in [-0.1, -0.05) is 0 Å². The van der Waals surface area contributed by atoms with E-state index in [2.05, 4.69) is 33.9 Å². The lowest BCUT2D eigenvalue weighted by molar-refractivity contribution is 0.264. The van der Waals surface area contributed by atoms with E-state index in [1.165, 1.54) is 5.56 Å². The fraction of sp³-hybridized carbons (Fsp3) is 0.476. The second-order valence-electron chi connectivity index (χ2n) is 6.99. The highest BCUT2D eigenvalue weighted by atomic mass is 32.1. The van der Waals surface area contributed by atoms with Crippen molar-refractivity contribution in [2.24, 2.45) is 4.99 Å². The van der Waals surface area contributed by atoms with Crippen molar-refractivity contribution >= 4 is 23.0 Å². The smallest absolute Gasteiger partial charge is 0.195 e. The third-order valence-corrected chi connectivity index (χ3v) is 5.95. The zero-order chi connectivity index (χ0) is 19.2. The number of ether oxygens (including phenoxy) is 2. The van der Waals surface area contributed by atoms with Crippen LogP contribution >= 0.6 is 11.3 Å². The first-order chi connectivity index (χ1) is 13.8. The van der Waals surface area contributed by atoms with Gasteiger partial charge in [-0.3, -0.25) is 9.89 Å². The molecule has 2 aliphatic rings. The maximum absolute atomic E-state index is 5.78. The van der Waals surface area contributed by atoms with Crippen molar-refractivity contribution in [3.05, 3.63) is 40.1 Å². The van der Waals surface area contributed by atoms with Gasteiger partial charge in [0.25, 0.3) is 0 Å². The van der Waals surface area contributed by atoms with Gasteiger partial charge in [-0.2, -0.15) is 0 Å². The maximum Gasteiger partial charge on any atom is 0.195 e. The fourth-order valence-corrected chi connectivity index (χ4v) is 4.38. The minimum atomic E-state index is 0.687. The van der Waals surface area contributed by atoms with E-state index in [0.717, 1.165) is 68.7 Å². The largest absolute Gasteiger partial charge is 0.490 e. The van der Waals surface area contributed by atoms with Gasteiger partial charge in [0.15, 0.2) is 17.5 Å². The van der Waals surface area contributed by atoms with E-state index < -0.39 is 0 Å². The number of guanidine groups is 1. The highest BCUT2D eigenvalue weighted by Gasteiger charge is 2.16. The first-order valence-corrected chi connectivity index (χ1v) is 10.9. The second-order valence-corrected chi connectivity index (χ2v) is 7.99. The van der Waals surface area contributed by atoms with Gasteiger partial charge in [-0.25, -0.2) is 0 Å². The number of anilines is 1. The van der Waals surface area contributed by atoms with Crippen LogP contribution in [0.3, 0.4) is 0 Å². The molecule has 28 heavy (non-hydrogen) atoms. The summed E-state index contributed by atoms with van der Waals surface area (Å²) in [5.41, 5.74) is 2.43. The van der Waals surface area contributed by atoms with Gasteiger partial charge in [0.1, 0.15) is 0 Å². The van der Waals surface area contributed by atoms with Gasteiger partial charge in [-0.15, -0.1) is 11.3 Å². The molecule has 3 heterocycles. The van der Waals surface area contributed by atoms with E-state index in [9.17, 15) is 0 Å². The Labute approximate surface area is 170 Å². The quantitative estimate of drug-likeness (QED) is 0.595. The van der Waals surface area contributed by atoms with E-state index in [-0.39, 0.29) is 0 Å². The van der Waals surface area contributed by atoms with E-state index in [4.69, 9.17) is 14.5 Å². The minimum absolute atomic E-state index is 0.687. The molecule has 2 aromatic rings. The van der Waals surface area contributed by atoms with Crippen LogP contribution in [0.25, 0.3) is 0 Å². The van der Waals surface area contributed by atoms with Crippen molar-refractivity contribution in [3.63, 3.8) is 0 Å². The van der Waals surface area contributed by atoms with Crippen molar-refractivity contribution in [3.8, 4) is 11.5 Å². The summed E-state index contributed by atoms with van der Waals surface area (Å²) in [6.45, 7) is 8.17. The average molecular weight is 401 g/mol. The zero-order valence-electron chi connectivity index (χ0n) is 16.4. The molecular weight excluding hydrogens is 372 g/mol. The van der Waals surface area contributed by atoms with Crippen LogP contribution in [-0.2, 0) is 13.0 Å². The van der Waals surface area contributed by atoms with E-state index in [1.807, 2.05) is 29.5 Å². The number of hydrogen-bond acceptors (Lipinski definition) is 5.